The molecule has 7 heteroatoms. The van der Waals surface area contributed by atoms with Crippen LogP contribution in [0.3, 0.4) is 0 Å². The summed E-state index contributed by atoms with van der Waals surface area (Å²) in [7, 11) is -1.33. The van der Waals surface area contributed by atoms with Gasteiger partial charge in [-0.25, -0.2) is 8.42 Å². The molecule has 3 rings (SSSR count). The Bertz CT molecular complexity index is 753. The van der Waals surface area contributed by atoms with Crippen LogP contribution in [0.25, 0.3) is 0 Å². The Morgan fingerprint density at radius 3 is 2.67 bits per heavy atom. The maximum absolute atomic E-state index is 13.2. The highest BCUT2D eigenvalue weighted by Crippen LogP contribution is 2.43. The molecule has 0 unspecified atom stereocenters. The molecule has 1 amide bonds. The first kappa shape index (κ1) is 20.3. The van der Waals surface area contributed by atoms with Gasteiger partial charge in [0.25, 0.3) is 0 Å². The monoisotopic (exact) mass is 393 g/mol. The van der Waals surface area contributed by atoms with E-state index >= 15 is 0 Å². The minimum atomic E-state index is -3.33. The van der Waals surface area contributed by atoms with Crippen molar-refractivity contribution < 1.29 is 13.2 Å². The number of carbonyl (C=O) groups is 1. The number of fused-ring (bicyclic) bond motifs is 1. The second kappa shape index (κ2) is 8.29. The fraction of sp³-hybridized carbons (Fsp3) is 0.650. The number of hydrogen-bond acceptors (Lipinski definition) is 4. The molecule has 150 valence electrons. The maximum Gasteiger partial charge on any atom is 0.227 e. The zero-order valence-corrected chi connectivity index (χ0v) is 17.2. The molecule has 2 aliphatic rings. The summed E-state index contributed by atoms with van der Waals surface area (Å²) in [5.41, 5.74) is 0.670. The summed E-state index contributed by atoms with van der Waals surface area (Å²) in [4.78, 5) is 15.3. The molecule has 0 spiro atoms. The van der Waals surface area contributed by atoms with Crippen LogP contribution < -0.4 is 5.32 Å². The zero-order valence-electron chi connectivity index (χ0n) is 16.4. The highest BCUT2D eigenvalue weighted by atomic mass is 32.2. The Morgan fingerprint density at radius 2 is 1.96 bits per heavy atom. The molecule has 2 aliphatic heterocycles. The minimum Gasteiger partial charge on any atom is -0.356 e. The molecule has 6 nitrogen and oxygen atoms in total. The van der Waals surface area contributed by atoms with Crippen molar-refractivity contribution in [2.75, 3.05) is 39.5 Å². The quantitative estimate of drug-likeness (QED) is 0.744. The van der Waals surface area contributed by atoms with Gasteiger partial charge < -0.3 is 10.2 Å². The first-order valence-electron chi connectivity index (χ1n) is 9.80. The average Bonchev–Trinajstić information content (AvgIpc) is 2.64. The molecule has 1 aromatic carbocycles. The van der Waals surface area contributed by atoms with Crippen LogP contribution in [0.2, 0.25) is 0 Å². The van der Waals surface area contributed by atoms with E-state index in [1.54, 1.807) is 4.31 Å². The second-order valence-electron chi connectivity index (χ2n) is 8.01. The molecule has 0 aromatic heterocycles. The van der Waals surface area contributed by atoms with Crippen molar-refractivity contribution in [2.45, 2.75) is 38.1 Å². The van der Waals surface area contributed by atoms with Crippen molar-refractivity contribution in [2.24, 2.45) is 5.41 Å². The lowest BCUT2D eigenvalue weighted by Crippen LogP contribution is -2.66. The standard InChI is InChI=1S/C20H31N3O3S/c1-22-15-12-20(11-7-14-23(18(20)16-22)27(2,25)26)19(24)21-13-6-10-17-8-4-3-5-9-17/h3-5,8-9,18H,6-7,10-16H2,1-2H3,(H,21,24)/t18-,20+/m0/s1. The third kappa shape index (κ3) is 4.52. The lowest BCUT2D eigenvalue weighted by molar-refractivity contribution is -0.141. The number of nitrogens with one attached hydrogen (secondary N) is 1. The first-order valence-corrected chi connectivity index (χ1v) is 11.7. The second-order valence-corrected chi connectivity index (χ2v) is 9.94. The van der Waals surface area contributed by atoms with E-state index in [0.717, 1.165) is 32.2 Å². The first-order chi connectivity index (χ1) is 12.8. The molecule has 2 fully saturated rings. The number of likely N-dealkylation sites (N-methyl/N-ethyl adjacent to an activating group) is 1. The summed E-state index contributed by atoms with van der Waals surface area (Å²) in [6.07, 6.45) is 5.29. The molecular weight excluding hydrogens is 362 g/mol. The molecule has 27 heavy (non-hydrogen) atoms. The molecule has 2 heterocycles. The molecule has 1 aromatic rings. The predicted molar refractivity (Wildman–Crippen MR) is 107 cm³/mol. The Hall–Kier alpha value is -1.44. The van der Waals surface area contributed by atoms with Crippen LogP contribution in [0.4, 0.5) is 0 Å². The van der Waals surface area contributed by atoms with Crippen LogP contribution in [0.1, 0.15) is 31.2 Å². The number of sulfonamides is 1. The molecule has 0 radical (unpaired) electrons. The van der Waals surface area contributed by atoms with Gasteiger partial charge in [-0.1, -0.05) is 30.3 Å². The van der Waals surface area contributed by atoms with Crippen molar-refractivity contribution in [1.82, 2.24) is 14.5 Å². The van der Waals surface area contributed by atoms with Gasteiger partial charge in [0.05, 0.1) is 17.7 Å². The van der Waals surface area contributed by atoms with Crippen LogP contribution in [0.5, 0.6) is 0 Å². The number of nitrogens with zero attached hydrogens (tertiary/aromatic N) is 2. The fourth-order valence-electron chi connectivity index (χ4n) is 4.57. The van der Waals surface area contributed by atoms with Crippen molar-refractivity contribution in [3.8, 4) is 0 Å². The number of hydrogen-bond donors (Lipinski definition) is 1. The van der Waals surface area contributed by atoms with E-state index < -0.39 is 15.4 Å². The zero-order chi connectivity index (χ0) is 19.5. The summed E-state index contributed by atoms with van der Waals surface area (Å²) in [6.45, 7) is 2.58. The number of aryl methyl sites for hydroxylation is 1. The van der Waals surface area contributed by atoms with Crippen LogP contribution in [-0.4, -0.2) is 69.1 Å². The van der Waals surface area contributed by atoms with Crippen LogP contribution in [0.15, 0.2) is 30.3 Å². The van der Waals surface area contributed by atoms with Crippen molar-refractivity contribution in [3.63, 3.8) is 0 Å². The van der Waals surface area contributed by atoms with Gasteiger partial charge in [0.2, 0.25) is 15.9 Å². The van der Waals surface area contributed by atoms with E-state index in [9.17, 15) is 13.2 Å². The number of piperidine rings is 2. The summed E-state index contributed by atoms with van der Waals surface area (Å²) >= 11 is 0. The molecule has 1 N–H and O–H groups in total. The Balaban J connectivity index is 1.66. The van der Waals surface area contributed by atoms with E-state index in [-0.39, 0.29) is 11.9 Å². The van der Waals surface area contributed by atoms with E-state index in [2.05, 4.69) is 22.3 Å². The normalized spacial score (nSPS) is 27.1. The number of rotatable bonds is 6. The van der Waals surface area contributed by atoms with Crippen molar-refractivity contribution >= 4 is 15.9 Å². The van der Waals surface area contributed by atoms with Gasteiger partial charge in [0.15, 0.2) is 0 Å². The van der Waals surface area contributed by atoms with Crippen LogP contribution in [0, 0.1) is 5.41 Å². The number of likely N-dealkylation sites (tertiary alicyclic amines) is 1. The third-order valence-electron chi connectivity index (χ3n) is 6.06. The topological polar surface area (TPSA) is 69.7 Å². The smallest absolute Gasteiger partial charge is 0.227 e. The number of amides is 1. The highest BCUT2D eigenvalue weighted by Gasteiger charge is 2.54. The summed E-state index contributed by atoms with van der Waals surface area (Å²) in [6, 6.07) is 9.97. The van der Waals surface area contributed by atoms with Gasteiger partial charge >= 0.3 is 0 Å². The van der Waals surface area contributed by atoms with Gasteiger partial charge in [-0.05, 0) is 51.3 Å². The molecule has 2 atom stereocenters. The summed E-state index contributed by atoms with van der Waals surface area (Å²) < 4.78 is 26.2. The Kier molecular flexibility index (Phi) is 6.23. The van der Waals surface area contributed by atoms with Gasteiger partial charge in [-0.3, -0.25) is 4.79 Å². The van der Waals surface area contributed by atoms with Gasteiger partial charge in [0.1, 0.15) is 0 Å². The molecule has 0 aliphatic carbocycles. The van der Waals surface area contributed by atoms with Crippen LogP contribution >= 0.6 is 0 Å². The molecule has 2 saturated heterocycles. The van der Waals surface area contributed by atoms with E-state index in [0.29, 0.717) is 26.1 Å². The van der Waals surface area contributed by atoms with Gasteiger partial charge in [-0.2, -0.15) is 4.31 Å². The Labute approximate surface area is 163 Å². The molecule has 0 saturated carbocycles. The lowest BCUT2D eigenvalue weighted by Gasteiger charge is -2.52. The lowest BCUT2D eigenvalue weighted by atomic mass is 9.68. The molecular formula is C20H31N3O3S. The SMILES string of the molecule is CN1CC[C@]2(C(=O)NCCCc3ccccc3)CCCN(S(C)(=O)=O)[C@H]2C1. The van der Waals surface area contributed by atoms with E-state index in [1.165, 1.54) is 11.8 Å². The van der Waals surface area contributed by atoms with E-state index in [1.807, 2.05) is 25.2 Å². The number of benzene rings is 1. The predicted octanol–water partition coefficient (Wildman–Crippen LogP) is 1.48. The van der Waals surface area contributed by atoms with Crippen LogP contribution in [-0.2, 0) is 21.2 Å². The highest BCUT2D eigenvalue weighted by molar-refractivity contribution is 7.88. The summed E-state index contributed by atoms with van der Waals surface area (Å²) in [5, 5.41) is 3.12. The summed E-state index contributed by atoms with van der Waals surface area (Å²) in [5.74, 6) is 0.0296. The van der Waals surface area contributed by atoms with E-state index in [4.69, 9.17) is 0 Å². The maximum atomic E-state index is 13.2. The largest absolute Gasteiger partial charge is 0.356 e. The number of carbonyl (C=O) groups excluding carboxylic acids is 1. The average molecular weight is 394 g/mol. The van der Waals surface area contributed by atoms with Crippen molar-refractivity contribution in [3.05, 3.63) is 35.9 Å². The third-order valence-corrected chi connectivity index (χ3v) is 7.35. The fourth-order valence-corrected chi connectivity index (χ4v) is 5.76. The molecule has 0 bridgehead atoms. The van der Waals surface area contributed by atoms with Gasteiger partial charge in [-0.15, -0.1) is 0 Å². The minimum absolute atomic E-state index is 0.0296. The van der Waals surface area contributed by atoms with Gasteiger partial charge in [0, 0.05) is 19.6 Å². The Morgan fingerprint density at radius 1 is 1.22 bits per heavy atom. The van der Waals surface area contributed by atoms with Crippen molar-refractivity contribution in [1.29, 1.82) is 0 Å².